The van der Waals surface area contributed by atoms with E-state index < -0.39 is 0 Å². The molecule has 3 rings (SSSR count). The Bertz CT molecular complexity index is 625. The van der Waals surface area contributed by atoms with Crippen molar-refractivity contribution < 1.29 is 9.47 Å². The molecule has 2 atom stereocenters. The van der Waals surface area contributed by atoms with Crippen molar-refractivity contribution in [1.82, 2.24) is 14.5 Å². The summed E-state index contributed by atoms with van der Waals surface area (Å²) >= 11 is 1.69. The first-order chi connectivity index (χ1) is 11.2. The second kappa shape index (κ2) is 7.57. The van der Waals surface area contributed by atoms with Gasteiger partial charge >= 0.3 is 0 Å². The number of aryl methyl sites for hydroxylation is 1. The summed E-state index contributed by atoms with van der Waals surface area (Å²) in [5, 5.41) is 3.22. The Morgan fingerprint density at radius 1 is 1.52 bits per heavy atom. The molecule has 6 heteroatoms. The van der Waals surface area contributed by atoms with Crippen molar-refractivity contribution in [2.24, 2.45) is 7.05 Å². The van der Waals surface area contributed by atoms with Crippen LogP contribution in [-0.4, -0.2) is 40.8 Å². The van der Waals surface area contributed by atoms with Crippen LogP contribution in [0, 0.1) is 0 Å². The van der Waals surface area contributed by atoms with Crippen LogP contribution < -0.4 is 0 Å². The van der Waals surface area contributed by atoms with Gasteiger partial charge in [-0.25, -0.2) is 4.98 Å². The van der Waals surface area contributed by atoms with E-state index in [0.29, 0.717) is 6.04 Å². The Morgan fingerprint density at radius 2 is 2.39 bits per heavy atom. The molecule has 0 bridgehead atoms. The van der Waals surface area contributed by atoms with Gasteiger partial charge in [-0.2, -0.15) is 0 Å². The lowest BCUT2D eigenvalue weighted by atomic mass is 10.1. The van der Waals surface area contributed by atoms with Crippen molar-refractivity contribution in [3.8, 4) is 0 Å². The molecule has 2 aromatic rings. The highest BCUT2D eigenvalue weighted by Crippen LogP contribution is 2.27. The topological polar surface area (TPSA) is 39.5 Å². The molecule has 0 N–H and O–H groups in total. The van der Waals surface area contributed by atoms with Crippen LogP contribution in [0.5, 0.6) is 0 Å². The van der Waals surface area contributed by atoms with Crippen LogP contribution in [0.25, 0.3) is 0 Å². The molecule has 0 radical (unpaired) electrons. The molecule has 2 aromatic heterocycles. The standard InChI is InChI=1S/C17H25N3O2S/c1-4-22-13(2)17-18-14(12-23-17)10-20-8-9-21-11-16(20)15-6-5-7-19(15)3/h5-7,12-13,16H,4,8-11H2,1-3H3/t13-,16-/m1/s1. The molecular formula is C17H25N3O2S. The quantitative estimate of drug-likeness (QED) is 0.813. The average molecular weight is 335 g/mol. The first-order valence-electron chi connectivity index (χ1n) is 8.18. The van der Waals surface area contributed by atoms with Crippen LogP contribution in [-0.2, 0) is 23.1 Å². The zero-order valence-corrected chi connectivity index (χ0v) is 14.9. The molecule has 126 valence electrons. The minimum absolute atomic E-state index is 0.0760. The van der Waals surface area contributed by atoms with Gasteiger partial charge in [-0.05, 0) is 26.0 Å². The van der Waals surface area contributed by atoms with Gasteiger partial charge in [-0.1, -0.05) is 0 Å². The molecule has 0 aliphatic carbocycles. The van der Waals surface area contributed by atoms with Crippen LogP contribution in [0.2, 0.25) is 0 Å². The maximum atomic E-state index is 5.71. The minimum Gasteiger partial charge on any atom is -0.378 e. The predicted octanol–water partition coefficient (Wildman–Crippen LogP) is 3.15. The third-order valence-electron chi connectivity index (χ3n) is 4.26. The molecule has 1 aliphatic heterocycles. The molecule has 0 spiro atoms. The molecular weight excluding hydrogens is 310 g/mol. The fourth-order valence-corrected chi connectivity index (χ4v) is 3.85. The van der Waals surface area contributed by atoms with E-state index >= 15 is 0 Å². The van der Waals surface area contributed by atoms with E-state index in [1.165, 1.54) is 5.69 Å². The van der Waals surface area contributed by atoms with Crippen LogP contribution in [0.4, 0.5) is 0 Å². The van der Waals surface area contributed by atoms with Gasteiger partial charge in [0, 0.05) is 44.0 Å². The molecule has 0 aromatic carbocycles. The molecule has 5 nitrogen and oxygen atoms in total. The monoisotopic (exact) mass is 335 g/mol. The summed E-state index contributed by atoms with van der Waals surface area (Å²) in [7, 11) is 2.09. The van der Waals surface area contributed by atoms with Crippen LogP contribution in [0.1, 0.15) is 42.4 Å². The lowest BCUT2D eigenvalue weighted by Gasteiger charge is -2.35. The van der Waals surface area contributed by atoms with E-state index in [9.17, 15) is 0 Å². The second-order valence-electron chi connectivity index (χ2n) is 5.88. The maximum Gasteiger partial charge on any atom is 0.122 e. The van der Waals surface area contributed by atoms with Crippen molar-refractivity contribution in [2.75, 3.05) is 26.4 Å². The Balaban J connectivity index is 1.71. The number of aromatic nitrogens is 2. The number of thiazole rings is 1. The van der Waals surface area contributed by atoms with E-state index in [1.807, 2.05) is 6.92 Å². The third kappa shape index (κ3) is 3.83. The van der Waals surface area contributed by atoms with Gasteiger partial charge in [0.2, 0.25) is 0 Å². The Morgan fingerprint density at radius 3 is 3.13 bits per heavy atom. The van der Waals surface area contributed by atoms with Gasteiger partial charge in [-0.15, -0.1) is 11.3 Å². The number of hydrogen-bond donors (Lipinski definition) is 0. The van der Waals surface area contributed by atoms with Crippen molar-refractivity contribution >= 4 is 11.3 Å². The smallest absolute Gasteiger partial charge is 0.122 e. The maximum absolute atomic E-state index is 5.71. The lowest BCUT2D eigenvalue weighted by molar-refractivity contribution is -0.0157. The van der Waals surface area contributed by atoms with E-state index in [0.717, 1.165) is 43.6 Å². The van der Waals surface area contributed by atoms with Gasteiger partial charge < -0.3 is 14.0 Å². The first-order valence-corrected chi connectivity index (χ1v) is 9.06. The van der Waals surface area contributed by atoms with Crippen LogP contribution >= 0.6 is 11.3 Å². The number of rotatable bonds is 6. The Kier molecular flexibility index (Phi) is 5.48. The summed E-state index contributed by atoms with van der Waals surface area (Å²) in [6, 6.07) is 4.56. The van der Waals surface area contributed by atoms with Crippen molar-refractivity contribution in [1.29, 1.82) is 0 Å². The highest BCUT2D eigenvalue weighted by atomic mass is 32.1. The van der Waals surface area contributed by atoms with Gasteiger partial charge in [0.1, 0.15) is 11.1 Å². The largest absolute Gasteiger partial charge is 0.378 e. The minimum atomic E-state index is 0.0760. The number of hydrogen-bond acceptors (Lipinski definition) is 5. The molecule has 1 aliphatic rings. The molecule has 1 saturated heterocycles. The van der Waals surface area contributed by atoms with Crippen LogP contribution in [0.15, 0.2) is 23.7 Å². The van der Waals surface area contributed by atoms with Crippen molar-refractivity contribution in [2.45, 2.75) is 32.5 Å². The number of morpholine rings is 1. The zero-order valence-electron chi connectivity index (χ0n) is 14.1. The molecule has 1 fully saturated rings. The van der Waals surface area contributed by atoms with Gasteiger partial charge in [0.15, 0.2) is 0 Å². The normalized spacial score (nSPS) is 20.7. The van der Waals surface area contributed by atoms with E-state index in [4.69, 9.17) is 14.5 Å². The van der Waals surface area contributed by atoms with Crippen LogP contribution in [0.3, 0.4) is 0 Å². The Labute approximate surface area is 141 Å². The Hall–Kier alpha value is -1.21. The first kappa shape index (κ1) is 16.6. The summed E-state index contributed by atoms with van der Waals surface area (Å²) < 4.78 is 13.5. The molecule has 0 amide bonds. The zero-order chi connectivity index (χ0) is 16.2. The van der Waals surface area contributed by atoms with Gasteiger partial charge in [-0.3, -0.25) is 4.90 Å². The molecule has 0 unspecified atom stereocenters. The highest BCUT2D eigenvalue weighted by Gasteiger charge is 2.27. The summed E-state index contributed by atoms with van der Waals surface area (Å²) in [5.74, 6) is 0. The SMILES string of the molecule is CCO[C@H](C)c1nc(CN2CCOC[C@@H]2c2cccn2C)cs1. The second-order valence-corrected chi connectivity index (χ2v) is 6.77. The number of nitrogens with zero attached hydrogens (tertiary/aromatic N) is 3. The van der Waals surface area contributed by atoms with Crippen molar-refractivity contribution in [3.63, 3.8) is 0 Å². The predicted molar refractivity (Wildman–Crippen MR) is 91.5 cm³/mol. The number of ether oxygens (including phenoxy) is 2. The van der Waals surface area contributed by atoms with Gasteiger partial charge in [0.25, 0.3) is 0 Å². The fraction of sp³-hybridized carbons (Fsp3) is 0.588. The molecule has 3 heterocycles. The third-order valence-corrected chi connectivity index (χ3v) is 5.32. The van der Waals surface area contributed by atoms with E-state index in [2.05, 4.69) is 47.1 Å². The summed E-state index contributed by atoms with van der Waals surface area (Å²) in [4.78, 5) is 7.23. The van der Waals surface area contributed by atoms with E-state index in [-0.39, 0.29) is 6.10 Å². The van der Waals surface area contributed by atoms with Gasteiger partial charge in [0.05, 0.1) is 24.9 Å². The van der Waals surface area contributed by atoms with E-state index in [1.54, 1.807) is 11.3 Å². The fourth-order valence-electron chi connectivity index (χ4n) is 3.03. The summed E-state index contributed by atoms with van der Waals surface area (Å²) in [6.07, 6.45) is 2.17. The van der Waals surface area contributed by atoms with Crippen molar-refractivity contribution in [3.05, 3.63) is 40.1 Å². The lowest BCUT2D eigenvalue weighted by Crippen LogP contribution is -2.39. The highest BCUT2D eigenvalue weighted by molar-refractivity contribution is 7.09. The molecule has 0 saturated carbocycles. The average Bonchev–Trinajstić information content (AvgIpc) is 3.17. The summed E-state index contributed by atoms with van der Waals surface area (Å²) in [5.41, 5.74) is 2.42. The molecule has 23 heavy (non-hydrogen) atoms. The summed E-state index contributed by atoms with van der Waals surface area (Å²) in [6.45, 7) is 8.11.